The van der Waals surface area contributed by atoms with Gasteiger partial charge in [-0.1, -0.05) is 64.7 Å². The molecule has 0 aromatic heterocycles. The van der Waals surface area contributed by atoms with Crippen LogP contribution in [0.1, 0.15) is 77.6 Å². The number of rotatable bonds is 17. The van der Waals surface area contributed by atoms with E-state index in [1.54, 1.807) is 0 Å². The Balaban J connectivity index is -0.000000174. The summed E-state index contributed by atoms with van der Waals surface area (Å²) in [5.41, 5.74) is 0. The van der Waals surface area contributed by atoms with Crippen molar-refractivity contribution in [3.05, 3.63) is 0 Å². The van der Waals surface area contributed by atoms with Gasteiger partial charge >= 0.3 is 94.6 Å². The van der Waals surface area contributed by atoms with Crippen LogP contribution in [0.3, 0.4) is 0 Å². The van der Waals surface area contributed by atoms with Crippen molar-refractivity contribution in [2.45, 2.75) is 82.8 Å². The molecule has 0 aromatic rings. The molecule has 0 spiro atoms. The molecule has 1 N–H and O–H groups in total. The molecule has 0 aromatic carbocycles. The van der Waals surface area contributed by atoms with E-state index < -0.39 is 55.6 Å². The second-order valence-electron chi connectivity index (χ2n) is 7.00. The molecule has 0 radical (unpaired) electrons. The van der Waals surface area contributed by atoms with Crippen LogP contribution in [0, 0.1) is 0 Å². The van der Waals surface area contributed by atoms with Crippen LogP contribution in [-0.2, 0) is 39.4 Å². The zero-order chi connectivity index (χ0) is 25.2. The minimum Gasteiger partial charge on any atom is -0.748 e. The predicted octanol–water partition coefficient (Wildman–Crippen LogP) is -9.86. The van der Waals surface area contributed by atoms with E-state index in [-0.39, 0.29) is 95.3 Å². The number of esters is 1. The van der Waals surface area contributed by atoms with Crippen LogP contribution in [0.2, 0.25) is 0 Å². The normalized spacial score (nSPS) is 11.3. The van der Waals surface area contributed by atoms with Crippen LogP contribution in [0.25, 0.3) is 0 Å². The fraction of sp³-hybridized carbons (Fsp3) is 0.833. The summed E-state index contributed by atoms with van der Waals surface area (Å²) in [5.74, 6) is -6.09. The van der Waals surface area contributed by atoms with Crippen LogP contribution >= 0.6 is 0 Å². The number of ether oxygens (including phenoxy) is 1. The molecular formula is C18H31Na3O12S2. The standard InChI is InChI=1S/C14H28O5S.C4H6O7S.3Na/c1-2-3-4-5-6-7-8-9-10-11-12-19-14(15)13-20(16,17)18;5-3(6)1-2(4(7)8)12(9,10)11;;;/h2-13H2,1H3,(H,16,17,18);2H,1H2,(H,5,6)(H,7,8)(H,9,10,11);;;/q;;3*+1/p-3. The Morgan fingerprint density at radius 3 is 1.49 bits per heavy atom. The van der Waals surface area contributed by atoms with Crippen LogP contribution in [0.4, 0.5) is 0 Å². The Morgan fingerprint density at radius 1 is 0.800 bits per heavy atom. The third-order valence-electron chi connectivity index (χ3n) is 4.03. The molecule has 0 amide bonds. The Labute approximate surface area is 274 Å². The van der Waals surface area contributed by atoms with E-state index in [1.165, 1.54) is 44.9 Å². The van der Waals surface area contributed by atoms with Gasteiger partial charge in [0.1, 0.15) is 21.1 Å². The maximum atomic E-state index is 10.9. The van der Waals surface area contributed by atoms with Crippen LogP contribution in [0.5, 0.6) is 0 Å². The summed E-state index contributed by atoms with van der Waals surface area (Å²) in [7, 11) is -9.45. The summed E-state index contributed by atoms with van der Waals surface area (Å²) in [4.78, 5) is 30.6. The molecule has 0 rings (SSSR count). The van der Waals surface area contributed by atoms with Gasteiger partial charge in [0.15, 0.2) is 0 Å². The van der Waals surface area contributed by atoms with Crippen molar-refractivity contribution in [3.63, 3.8) is 0 Å². The molecule has 0 saturated carbocycles. The molecule has 35 heavy (non-hydrogen) atoms. The molecule has 0 fully saturated rings. The van der Waals surface area contributed by atoms with E-state index in [1.807, 2.05) is 0 Å². The number of aliphatic carboxylic acids is 2. The van der Waals surface area contributed by atoms with Crippen molar-refractivity contribution in [2.24, 2.45) is 0 Å². The smallest absolute Gasteiger partial charge is 0.748 e. The summed E-state index contributed by atoms with van der Waals surface area (Å²) >= 11 is 0. The quantitative estimate of drug-likeness (QED) is 0.0743. The van der Waals surface area contributed by atoms with Crippen molar-refractivity contribution in [1.29, 1.82) is 0 Å². The largest absolute Gasteiger partial charge is 1.00 e. The van der Waals surface area contributed by atoms with Gasteiger partial charge in [0.25, 0.3) is 10.1 Å². The Morgan fingerprint density at radius 2 is 1.20 bits per heavy atom. The summed E-state index contributed by atoms with van der Waals surface area (Å²) in [6, 6.07) is 0. The molecule has 17 heteroatoms. The van der Waals surface area contributed by atoms with E-state index in [2.05, 4.69) is 11.7 Å². The number of carbonyl (C=O) groups is 3. The van der Waals surface area contributed by atoms with Gasteiger partial charge in [-0.25, -0.2) is 8.42 Å². The Kier molecular flexibility index (Phi) is 35.3. The van der Waals surface area contributed by atoms with Gasteiger partial charge in [-0.2, -0.15) is 8.42 Å². The predicted molar refractivity (Wildman–Crippen MR) is 107 cm³/mol. The average molecular weight is 573 g/mol. The Bertz CT molecular complexity index is 774. The number of hydrogen-bond acceptors (Lipinski definition) is 11. The average Bonchev–Trinajstić information content (AvgIpc) is 2.62. The van der Waals surface area contributed by atoms with Gasteiger partial charge in [-0.05, 0) is 6.42 Å². The van der Waals surface area contributed by atoms with E-state index in [9.17, 15) is 46.0 Å². The second kappa shape index (κ2) is 26.8. The fourth-order valence-corrected chi connectivity index (χ4v) is 3.39. The molecule has 190 valence electrons. The van der Waals surface area contributed by atoms with Gasteiger partial charge in [0.2, 0.25) is 0 Å². The van der Waals surface area contributed by atoms with Gasteiger partial charge in [0.05, 0.1) is 12.6 Å². The molecule has 0 aliphatic rings. The third kappa shape index (κ3) is 35.2. The number of hydrogen-bond donors (Lipinski definition) is 1. The van der Waals surface area contributed by atoms with Crippen LogP contribution < -0.4 is 98.9 Å². The van der Waals surface area contributed by atoms with E-state index in [0.717, 1.165) is 19.3 Å². The molecule has 0 heterocycles. The van der Waals surface area contributed by atoms with Crippen LogP contribution in [-0.4, -0.2) is 61.5 Å². The third-order valence-corrected chi connectivity index (χ3v) is 5.70. The minimum atomic E-state index is -4.94. The minimum absolute atomic E-state index is 0. The van der Waals surface area contributed by atoms with E-state index in [0.29, 0.717) is 0 Å². The second-order valence-corrected chi connectivity index (χ2v) is 10.0. The number of carboxylic acids is 2. The molecular weight excluding hydrogens is 541 g/mol. The van der Waals surface area contributed by atoms with Gasteiger partial charge in [-0.15, -0.1) is 0 Å². The number of unbranched alkanes of at least 4 members (excludes halogenated alkanes) is 9. The molecule has 0 aliphatic heterocycles. The Hall–Kier alpha value is 1.23. The van der Waals surface area contributed by atoms with Crippen molar-refractivity contribution in [1.82, 2.24) is 0 Å². The van der Waals surface area contributed by atoms with Crippen molar-refractivity contribution >= 4 is 38.1 Å². The summed E-state index contributed by atoms with van der Waals surface area (Å²) in [6.07, 6.45) is 10.4. The number of carboxylic acid groups (broad SMARTS) is 2. The number of carbonyl (C=O) groups excluding carboxylic acids is 3. The molecule has 1 atom stereocenters. The molecule has 0 bridgehead atoms. The van der Waals surface area contributed by atoms with Crippen molar-refractivity contribution in [3.8, 4) is 0 Å². The first-order valence-electron chi connectivity index (χ1n) is 10.2. The zero-order valence-electron chi connectivity index (χ0n) is 21.0. The summed E-state index contributed by atoms with van der Waals surface area (Å²) in [6.45, 7) is 2.41. The first-order chi connectivity index (χ1) is 14.7. The topological polar surface area (TPSA) is 218 Å². The van der Waals surface area contributed by atoms with Gasteiger partial charge in [0, 0.05) is 12.4 Å². The summed E-state index contributed by atoms with van der Waals surface area (Å²) < 4.78 is 64.0. The van der Waals surface area contributed by atoms with E-state index >= 15 is 0 Å². The first kappa shape index (κ1) is 46.1. The van der Waals surface area contributed by atoms with Crippen LogP contribution in [0.15, 0.2) is 0 Å². The molecule has 1 unspecified atom stereocenters. The first-order valence-corrected chi connectivity index (χ1v) is 13.2. The SMILES string of the molecule is CCCCCCCCCCCCOC(=O)CS(=O)(=O)[O-].O=C([O-])CC(C(=O)[O-])S(=O)(=O)O.[Na+].[Na+].[Na+]. The maximum absolute atomic E-state index is 10.9. The van der Waals surface area contributed by atoms with Crippen molar-refractivity contribution in [2.75, 3.05) is 12.4 Å². The molecule has 0 saturated heterocycles. The monoisotopic (exact) mass is 572 g/mol. The van der Waals surface area contributed by atoms with E-state index in [4.69, 9.17) is 4.55 Å². The molecule has 12 nitrogen and oxygen atoms in total. The maximum Gasteiger partial charge on any atom is 1.00 e. The molecule has 0 aliphatic carbocycles. The summed E-state index contributed by atoms with van der Waals surface area (Å²) in [5, 5.41) is 17.3. The van der Waals surface area contributed by atoms with Gasteiger partial charge in [-0.3, -0.25) is 9.35 Å². The fourth-order valence-electron chi connectivity index (χ4n) is 2.42. The van der Waals surface area contributed by atoms with Gasteiger partial charge < -0.3 is 29.1 Å². The van der Waals surface area contributed by atoms with Crippen molar-refractivity contribution < 1.29 is 144 Å². The zero-order valence-corrected chi connectivity index (χ0v) is 28.7.